The number of nitrogens with one attached hydrogen (secondary N) is 1. The number of benzene rings is 1. The van der Waals surface area contributed by atoms with Crippen LogP contribution in [0.1, 0.15) is 40.2 Å². The molecule has 2 rings (SSSR count). The molecular formula is C17H27ClN2O. The number of hydrogen-bond donors (Lipinski definition) is 1. The maximum atomic E-state index is 6.45. The van der Waals surface area contributed by atoms with E-state index in [2.05, 4.69) is 63.0 Å². The third-order valence-electron chi connectivity index (χ3n) is 3.63. The summed E-state index contributed by atoms with van der Waals surface area (Å²) in [6.45, 7) is 13.3. The topological polar surface area (TPSA) is 24.5 Å². The Morgan fingerprint density at radius 1 is 1.24 bits per heavy atom. The average molecular weight is 311 g/mol. The fourth-order valence-electron chi connectivity index (χ4n) is 2.63. The number of nitrogens with zero attached hydrogens (tertiary/aromatic N) is 1. The Bertz CT molecular complexity index is 474. The van der Waals surface area contributed by atoms with Crippen molar-refractivity contribution in [1.82, 2.24) is 5.32 Å². The summed E-state index contributed by atoms with van der Waals surface area (Å²) in [6.07, 6.45) is 0.518. The fraction of sp³-hybridized carbons (Fsp3) is 0.647. The summed E-state index contributed by atoms with van der Waals surface area (Å²) in [4.78, 5) is 2.35. The molecule has 4 heteroatoms. The van der Waals surface area contributed by atoms with Gasteiger partial charge in [-0.2, -0.15) is 0 Å². The van der Waals surface area contributed by atoms with Crippen LogP contribution in [0.4, 0.5) is 5.69 Å². The Hall–Kier alpha value is -0.770. The fourth-order valence-corrected chi connectivity index (χ4v) is 2.87. The van der Waals surface area contributed by atoms with E-state index in [0.717, 1.165) is 30.2 Å². The van der Waals surface area contributed by atoms with Crippen molar-refractivity contribution in [2.75, 3.05) is 18.0 Å². The van der Waals surface area contributed by atoms with Crippen LogP contribution in [-0.4, -0.2) is 30.8 Å². The van der Waals surface area contributed by atoms with Gasteiger partial charge in [0.15, 0.2) is 0 Å². The van der Waals surface area contributed by atoms with Crippen LogP contribution in [-0.2, 0) is 11.3 Å². The molecule has 0 radical (unpaired) electrons. The van der Waals surface area contributed by atoms with Crippen LogP contribution in [0.15, 0.2) is 18.2 Å². The highest BCUT2D eigenvalue weighted by atomic mass is 35.5. The molecule has 1 fully saturated rings. The number of anilines is 1. The third kappa shape index (κ3) is 4.87. The van der Waals surface area contributed by atoms with Gasteiger partial charge in [0.2, 0.25) is 0 Å². The quantitative estimate of drug-likeness (QED) is 0.918. The van der Waals surface area contributed by atoms with Crippen molar-refractivity contribution >= 4 is 17.3 Å². The van der Waals surface area contributed by atoms with E-state index < -0.39 is 0 Å². The average Bonchev–Trinajstić information content (AvgIpc) is 2.35. The first-order valence-corrected chi connectivity index (χ1v) is 8.06. The summed E-state index contributed by atoms with van der Waals surface area (Å²) in [7, 11) is 0. The van der Waals surface area contributed by atoms with Crippen molar-refractivity contribution in [3.8, 4) is 0 Å². The van der Waals surface area contributed by atoms with Crippen LogP contribution < -0.4 is 10.2 Å². The second-order valence-corrected chi connectivity index (χ2v) is 7.45. The van der Waals surface area contributed by atoms with Gasteiger partial charge >= 0.3 is 0 Å². The molecule has 21 heavy (non-hydrogen) atoms. The van der Waals surface area contributed by atoms with Crippen LogP contribution >= 0.6 is 11.6 Å². The predicted octanol–water partition coefficient (Wildman–Crippen LogP) is 3.84. The minimum Gasteiger partial charge on any atom is -0.372 e. The molecule has 0 bridgehead atoms. The number of morpholine rings is 1. The molecule has 1 aliphatic rings. The predicted molar refractivity (Wildman–Crippen MR) is 90.3 cm³/mol. The highest BCUT2D eigenvalue weighted by Gasteiger charge is 2.22. The molecule has 2 atom stereocenters. The maximum absolute atomic E-state index is 6.45. The monoisotopic (exact) mass is 310 g/mol. The summed E-state index contributed by atoms with van der Waals surface area (Å²) in [6, 6.07) is 6.36. The van der Waals surface area contributed by atoms with Gasteiger partial charge in [-0.05, 0) is 52.3 Å². The van der Waals surface area contributed by atoms with Crippen molar-refractivity contribution in [3.63, 3.8) is 0 Å². The molecule has 2 unspecified atom stereocenters. The van der Waals surface area contributed by atoms with E-state index in [4.69, 9.17) is 16.3 Å². The minimum atomic E-state index is 0.0943. The molecule has 1 heterocycles. The van der Waals surface area contributed by atoms with E-state index in [9.17, 15) is 0 Å². The standard InChI is InChI=1S/C17H27ClN2O/c1-12-10-20(11-13(2)21-12)15-7-6-14(16(18)8-15)9-19-17(3,4)5/h6-8,12-13,19H,9-11H2,1-5H3. The SMILES string of the molecule is CC1CN(c2ccc(CNC(C)(C)C)c(Cl)c2)CC(C)O1. The molecule has 0 spiro atoms. The van der Waals surface area contributed by atoms with E-state index in [1.165, 1.54) is 5.69 Å². The number of halogens is 1. The zero-order valence-electron chi connectivity index (χ0n) is 13.7. The van der Waals surface area contributed by atoms with Crippen LogP contribution in [0.3, 0.4) is 0 Å². The summed E-state index contributed by atoms with van der Waals surface area (Å²) < 4.78 is 5.78. The van der Waals surface area contributed by atoms with Crippen molar-refractivity contribution in [2.45, 2.75) is 58.9 Å². The Morgan fingerprint density at radius 3 is 2.38 bits per heavy atom. The number of ether oxygens (including phenoxy) is 1. The largest absolute Gasteiger partial charge is 0.372 e. The van der Waals surface area contributed by atoms with Crippen LogP contribution in [0.2, 0.25) is 5.02 Å². The normalized spacial score (nSPS) is 23.4. The first kappa shape index (κ1) is 16.6. The van der Waals surface area contributed by atoms with E-state index in [0.29, 0.717) is 0 Å². The first-order chi connectivity index (χ1) is 9.74. The van der Waals surface area contributed by atoms with Crippen LogP contribution in [0, 0.1) is 0 Å². The Morgan fingerprint density at radius 2 is 1.86 bits per heavy atom. The Balaban J connectivity index is 2.08. The molecule has 0 amide bonds. The smallest absolute Gasteiger partial charge is 0.0726 e. The molecule has 3 nitrogen and oxygen atoms in total. The lowest BCUT2D eigenvalue weighted by Crippen LogP contribution is -2.45. The molecule has 1 N–H and O–H groups in total. The lowest BCUT2D eigenvalue weighted by molar-refractivity contribution is -0.00521. The zero-order valence-corrected chi connectivity index (χ0v) is 14.5. The molecule has 118 valence electrons. The van der Waals surface area contributed by atoms with Crippen LogP contribution in [0.5, 0.6) is 0 Å². The van der Waals surface area contributed by atoms with Gasteiger partial charge in [0.05, 0.1) is 12.2 Å². The number of rotatable bonds is 3. The van der Waals surface area contributed by atoms with Crippen molar-refractivity contribution in [3.05, 3.63) is 28.8 Å². The van der Waals surface area contributed by atoms with Gasteiger partial charge in [-0.1, -0.05) is 17.7 Å². The van der Waals surface area contributed by atoms with Crippen molar-refractivity contribution in [2.24, 2.45) is 0 Å². The molecular weight excluding hydrogens is 284 g/mol. The van der Waals surface area contributed by atoms with E-state index in [-0.39, 0.29) is 17.7 Å². The van der Waals surface area contributed by atoms with E-state index in [1.54, 1.807) is 0 Å². The van der Waals surface area contributed by atoms with Crippen LogP contribution in [0.25, 0.3) is 0 Å². The molecule has 1 aromatic carbocycles. The zero-order chi connectivity index (χ0) is 15.6. The van der Waals surface area contributed by atoms with Crippen molar-refractivity contribution < 1.29 is 4.74 Å². The minimum absolute atomic E-state index is 0.0943. The lowest BCUT2D eigenvalue weighted by atomic mass is 10.1. The van der Waals surface area contributed by atoms with Crippen molar-refractivity contribution in [1.29, 1.82) is 0 Å². The van der Waals surface area contributed by atoms with Gasteiger partial charge in [-0.3, -0.25) is 0 Å². The highest BCUT2D eigenvalue weighted by Crippen LogP contribution is 2.26. The summed E-state index contributed by atoms with van der Waals surface area (Å²) in [5.74, 6) is 0. The van der Waals surface area contributed by atoms with Gasteiger partial charge in [0, 0.05) is 35.9 Å². The third-order valence-corrected chi connectivity index (χ3v) is 3.98. The Kier molecular flexibility index (Phi) is 5.18. The second kappa shape index (κ2) is 6.55. The highest BCUT2D eigenvalue weighted by molar-refractivity contribution is 6.31. The van der Waals surface area contributed by atoms with Gasteiger partial charge in [-0.15, -0.1) is 0 Å². The first-order valence-electron chi connectivity index (χ1n) is 7.68. The van der Waals surface area contributed by atoms with E-state index >= 15 is 0 Å². The number of hydrogen-bond acceptors (Lipinski definition) is 3. The second-order valence-electron chi connectivity index (χ2n) is 7.04. The molecule has 0 aromatic heterocycles. The molecule has 0 saturated carbocycles. The lowest BCUT2D eigenvalue weighted by Gasteiger charge is -2.37. The molecule has 1 aromatic rings. The van der Waals surface area contributed by atoms with Gasteiger partial charge < -0.3 is 15.0 Å². The maximum Gasteiger partial charge on any atom is 0.0726 e. The van der Waals surface area contributed by atoms with Gasteiger partial charge in [0.25, 0.3) is 0 Å². The van der Waals surface area contributed by atoms with E-state index in [1.807, 2.05) is 0 Å². The Labute approximate surface area is 133 Å². The molecule has 0 aliphatic carbocycles. The summed E-state index contributed by atoms with van der Waals surface area (Å²) in [5.41, 5.74) is 2.42. The molecule has 1 aliphatic heterocycles. The molecule has 1 saturated heterocycles. The summed E-state index contributed by atoms with van der Waals surface area (Å²) >= 11 is 6.45. The van der Waals surface area contributed by atoms with Gasteiger partial charge in [-0.25, -0.2) is 0 Å². The summed E-state index contributed by atoms with van der Waals surface area (Å²) in [5, 5.41) is 4.30. The van der Waals surface area contributed by atoms with Gasteiger partial charge in [0.1, 0.15) is 0 Å².